The van der Waals surface area contributed by atoms with Gasteiger partial charge in [0, 0.05) is 5.56 Å². The number of rotatable bonds is 1. The molecule has 1 aliphatic rings. The van der Waals surface area contributed by atoms with Gasteiger partial charge in [-0.15, -0.1) is 0 Å². The molecular weight excluding hydrogens is 230 g/mol. The van der Waals surface area contributed by atoms with Crippen molar-refractivity contribution in [1.29, 1.82) is 5.26 Å². The molecule has 0 radical (unpaired) electrons. The van der Waals surface area contributed by atoms with Gasteiger partial charge in [-0.3, -0.25) is 0 Å². The molecule has 5 heteroatoms. The monoisotopic (exact) mass is 239 g/mol. The van der Waals surface area contributed by atoms with Gasteiger partial charge in [0.05, 0.1) is 12.2 Å². The summed E-state index contributed by atoms with van der Waals surface area (Å²) in [5, 5.41) is 11.5. The zero-order chi connectivity index (χ0) is 12.5. The fourth-order valence-corrected chi connectivity index (χ4v) is 1.95. The minimum Gasteiger partial charge on any atom is -0.464 e. The van der Waals surface area contributed by atoms with Crippen molar-refractivity contribution < 1.29 is 9.21 Å². The molecule has 2 amide bonds. The maximum Gasteiger partial charge on any atom is 0.335 e. The Morgan fingerprint density at radius 1 is 1.33 bits per heavy atom. The van der Waals surface area contributed by atoms with E-state index < -0.39 is 6.03 Å². The molecule has 0 aliphatic carbocycles. The van der Waals surface area contributed by atoms with Crippen molar-refractivity contribution in [3.8, 4) is 17.3 Å². The van der Waals surface area contributed by atoms with Gasteiger partial charge in [0.2, 0.25) is 0 Å². The highest BCUT2D eigenvalue weighted by molar-refractivity contribution is 5.97. The van der Waals surface area contributed by atoms with Crippen LogP contribution in [0.25, 0.3) is 11.1 Å². The van der Waals surface area contributed by atoms with E-state index in [1.807, 2.05) is 30.3 Å². The van der Waals surface area contributed by atoms with Crippen molar-refractivity contribution in [3.05, 3.63) is 42.4 Å². The topological polar surface area (TPSA) is 69.3 Å². The molecular formula is C13H9N3O2. The summed E-state index contributed by atoms with van der Waals surface area (Å²) in [5.41, 5.74) is 2.45. The van der Waals surface area contributed by atoms with Crippen molar-refractivity contribution >= 4 is 11.7 Å². The van der Waals surface area contributed by atoms with E-state index in [1.165, 1.54) is 0 Å². The van der Waals surface area contributed by atoms with Crippen LogP contribution in [0.2, 0.25) is 0 Å². The Balaban J connectivity index is 2.05. The van der Waals surface area contributed by atoms with Crippen LogP contribution < -0.4 is 5.32 Å². The highest BCUT2D eigenvalue weighted by atomic mass is 16.3. The van der Waals surface area contributed by atoms with Crippen LogP contribution in [0, 0.1) is 11.5 Å². The van der Waals surface area contributed by atoms with E-state index in [0.29, 0.717) is 11.4 Å². The molecule has 3 rings (SSSR count). The second kappa shape index (κ2) is 3.93. The SMILES string of the molecule is N#CN1Cc2occ(-c3ccccc3)c2NC1=O. The molecule has 1 N–H and O–H groups in total. The molecule has 1 aromatic heterocycles. The van der Waals surface area contributed by atoms with Crippen LogP contribution in [0.15, 0.2) is 41.0 Å². The summed E-state index contributed by atoms with van der Waals surface area (Å²) in [6, 6.07) is 9.21. The van der Waals surface area contributed by atoms with Crippen LogP contribution in [0.5, 0.6) is 0 Å². The largest absolute Gasteiger partial charge is 0.464 e. The van der Waals surface area contributed by atoms with E-state index in [0.717, 1.165) is 16.0 Å². The third-order valence-corrected chi connectivity index (χ3v) is 2.85. The highest BCUT2D eigenvalue weighted by Crippen LogP contribution is 2.35. The van der Waals surface area contributed by atoms with Crippen LogP contribution in [0.3, 0.4) is 0 Å². The second-order valence-corrected chi connectivity index (χ2v) is 3.93. The van der Waals surface area contributed by atoms with Gasteiger partial charge in [0.25, 0.3) is 0 Å². The lowest BCUT2D eigenvalue weighted by molar-refractivity contribution is 0.223. The van der Waals surface area contributed by atoms with E-state index >= 15 is 0 Å². The van der Waals surface area contributed by atoms with Gasteiger partial charge in [-0.05, 0) is 5.56 Å². The highest BCUT2D eigenvalue weighted by Gasteiger charge is 2.27. The fraction of sp³-hybridized carbons (Fsp3) is 0.0769. The molecule has 5 nitrogen and oxygen atoms in total. The number of benzene rings is 1. The van der Waals surface area contributed by atoms with Crippen molar-refractivity contribution in [3.63, 3.8) is 0 Å². The van der Waals surface area contributed by atoms with Crippen molar-refractivity contribution in [2.45, 2.75) is 6.54 Å². The molecule has 18 heavy (non-hydrogen) atoms. The quantitative estimate of drug-likeness (QED) is 0.778. The van der Waals surface area contributed by atoms with Crippen LogP contribution in [-0.2, 0) is 6.54 Å². The Labute approximate surface area is 103 Å². The number of hydrogen-bond acceptors (Lipinski definition) is 3. The van der Waals surface area contributed by atoms with Crippen LogP contribution >= 0.6 is 0 Å². The number of nitriles is 1. The van der Waals surface area contributed by atoms with Gasteiger partial charge in [-0.25, -0.2) is 9.69 Å². The first-order chi connectivity index (χ1) is 8.79. The lowest BCUT2D eigenvalue weighted by Gasteiger charge is -2.20. The Morgan fingerprint density at radius 2 is 2.11 bits per heavy atom. The molecule has 0 bridgehead atoms. The minimum atomic E-state index is -0.427. The van der Waals surface area contributed by atoms with Crippen molar-refractivity contribution in [2.75, 3.05) is 5.32 Å². The van der Waals surface area contributed by atoms with Crippen LogP contribution in [-0.4, -0.2) is 10.9 Å². The number of urea groups is 1. The van der Waals surface area contributed by atoms with Gasteiger partial charge in [0.1, 0.15) is 12.0 Å². The van der Waals surface area contributed by atoms with Gasteiger partial charge in [0.15, 0.2) is 6.19 Å². The molecule has 0 saturated carbocycles. The molecule has 0 saturated heterocycles. The van der Waals surface area contributed by atoms with E-state index in [-0.39, 0.29) is 6.54 Å². The number of nitrogens with one attached hydrogen (secondary N) is 1. The zero-order valence-electron chi connectivity index (χ0n) is 9.38. The molecule has 0 fully saturated rings. The number of amides is 2. The molecule has 2 aromatic rings. The lowest BCUT2D eigenvalue weighted by atomic mass is 10.1. The second-order valence-electron chi connectivity index (χ2n) is 3.93. The maximum absolute atomic E-state index is 11.6. The Hall–Kier alpha value is -2.74. The Bertz CT molecular complexity index is 640. The zero-order valence-corrected chi connectivity index (χ0v) is 9.38. The molecule has 88 valence electrons. The molecule has 2 heterocycles. The third-order valence-electron chi connectivity index (χ3n) is 2.85. The minimum absolute atomic E-state index is 0.171. The van der Waals surface area contributed by atoms with Crippen LogP contribution in [0.4, 0.5) is 10.5 Å². The summed E-state index contributed by atoms with van der Waals surface area (Å²) >= 11 is 0. The standard InChI is InChI=1S/C13H9N3O2/c14-8-16-6-11-12(15-13(16)17)10(7-18-11)9-4-2-1-3-5-9/h1-5,7H,6H2,(H,15,17). The lowest BCUT2D eigenvalue weighted by Crippen LogP contribution is -2.34. The maximum atomic E-state index is 11.6. The number of nitrogens with zero attached hydrogens (tertiary/aromatic N) is 2. The van der Waals surface area contributed by atoms with Gasteiger partial charge >= 0.3 is 6.03 Å². The normalized spacial score (nSPS) is 13.7. The number of hydrogen-bond donors (Lipinski definition) is 1. The molecule has 1 aromatic carbocycles. The summed E-state index contributed by atoms with van der Waals surface area (Å²) in [5.74, 6) is 0.593. The van der Waals surface area contributed by atoms with Gasteiger partial charge in [-0.1, -0.05) is 30.3 Å². The third kappa shape index (κ3) is 1.52. The number of carbonyl (C=O) groups excluding carboxylic acids is 1. The number of furan rings is 1. The summed E-state index contributed by atoms with van der Waals surface area (Å²) < 4.78 is 5.41. The van der Waals surface area contributed by atoms with Gasteiger partial charge < -0.3 is 9.73 Å². The van der Waals surface area contributed by atoms with Crippen LogP contribution in [0.1, 0.15) is 5.76 Å². The number of fused-ring (bicyclic) bond motifs is 1. The molecule has 1 aliphatic heterocycles. The number of carbonyl (C=O) groups is 1. The first-order valence-corrected chi connectivity index (χ1v) is 5.43. The summed E-state index contributed by atoms with van der Waals surface area (Å²) in [7, 11) is 0. The summed E-state index contributed by atoms with van der Waals surface area (Å²) in [6.07, 6.45) is 3.40. The molecule has 0 atom stereocenters. The van der Waals surface area contributed by atoms with E-state index in [9.17, 15) is 4.79 Å². The summed E-state index contributed by atoms with van der Waals surface area (Å²) in [4.78, 5) is 12.6. The van der Waals surface area contributed by atoms with E-state index in [4.69, 9.17) is 9.68 Å². The van der Waals surface area contributed by atoms with E-state index in [1.54, 1.807) is 12.5 Å². The first kappa shape index (κ1) is 10.4. The molecule has 0 unspecified atom stereocenters. The average Bonchev–Trinajstić information content (AvgIpc) is 2.81. The fourth-order valence-electron chi connectivity index (χ4n) is 1.95. The van der Waals surface area contributed by atoms with Crippen molar-refractivity contribution in [1.82, 2.24) is 4.90 Å². The predicted octanol–water partition coefficient (Wildman–Crippen LogP) is 2.78. The smallest absolute Gasteiger partial charge is 0.335 e. The predicted molar refractivity (Wildman–Crippen MR) is 64.3 cm³/mol. The first-order valence-electron chi connectivity index (χ1n) is 5.43. The van der Waals surface area contributed by atoms with E-state index in [2.05, 4.69) is 5.32 Å². The van der Waals surface area contributed by atoms with Crippen molar-refractivity contribution in [2.24, 2.45) is 0 Å². The average molecular weight is 239 g/mol. The summed E-state index contributed by atoms with van der Waals surface area (Å²) in [6.45, 7) is 0.171. The van der Waals surface area contributed by atoms with Gasteiger partial charge in [-0.2, -0.15) is 5.26 Å². The Kier molecular flexibility index (Phi) is 2.27. The number of anilines is 1. The Morgan fingerprint density at radius 3 is 2.83 bits per heavy atom. The molecule has 0 spiro atoms.